The second-order valence-electron chi connectivity index (χ2n) is 6.30. The van der Waals surface area contributed by atoms with Gasteiger partial charge in [-0.05, 0) is 32.6 Å². The molecule has 0 saturated carbocycles. The highest BCUT2D eigenvalue weighted by Crippen LogP contribution is 2.21. The van der Waals surface area contributed by atoms with E-state index in [9.17, 15) is 4.79 Å². The number of hydrogen-bond acceptors (Lipinski definition) is 6. The maximum atomic E-state index is 12.6. The first-order chi connectivity index (χ1) is 13.1. The molecule has 0 radical (unpaired) electrons. The van der Waals surface area contributed by atoms with Gasteiger partial charge < -0.3 is 24.7 Å². The van der Waals surface area contributed by atoms with E-state index < -0.39 is 0 Å². The number of H-pyrrole nitrogens is 1. The Morgan fingerprint density at radius 3 is 2.74 bits per heavy atom. The Labute approximate surface area is 157 Å². The van der Waals surface area contributed by atoms with Crippen LogP contribution in [0.3, 0.4) is 0 Å². The zero-order valence-electron chi connectivity index (χ0n) is 15.7. The van der Waals surface area contributed by atoms with E-state index in [4.69, 9.17) is 9.47 Å². The number of carbonyl (C=O) groups excluding carboxylic acids is 1. The number of pyridine rings is 2. The summed E-state index contributed by atoms with van der Waals surface area (Å²) in [6.07, 6.45) is 4.08. The van der Waals surface area contributed by atoms with E-state index in [2.05, 4.69) is 25.2 Å². The number of nitrogens with zero attached hydrogens (tertiary/aromatic N) is 3. The van der Waals surface area contributed by atoms with Gasteiger partial charge in [0.1, 0.15) is 5.52 Å². The topological polar surface area (TPSA) is 92.4 Å². The number of ether oxygens (including phenoxy) is 2. The van der Waals surface area contributed by atoms with E-state index in [-0.39, 0.29) is 5.91 Å². The number of hydrogen-bond donors (Lipinski definition) is 2. The van der Waals surface area contributed by atoms with Gasteiger partial charge in [-0.25, -0.2) is 9.97 Å². The van der Waals surface area contributed by atoms with Crippen molar-refractivity contribution in [3.05, 3.63) is 42.2 Å². The predicted octanol–water partition coefficient (Wildman–Crippen LogP) is 2.55. The van der Waals surface area contributed by atoms with Crippen molar-refractivity contribution in [3.8, 4) is 11.8 Å². The standard InChI is InChI=1S/C19H23N5O3/c1-24(2)9-4-10-27-17-8-6-15-18(23-17)14(12-20-15)19(25)22-13-5-7-16(26-3)21-11-13/h5-8,11-12,20H,4,9-10H2,1-3H3,(H,22,25). The van der Waals surface area contributed by atoms with Crippen molar-refractivity contribution in [2.45, 2.75) is 6.42 Å². The summed E-state index contributed by atoms with van der Waals surface area (Å²) >= 11 is 0. The summed E-state index contributed by atoms with van der Waals surface area (Å²) in [4.78, 5) is 26.3. The molecule has 0 fully saturated rings. The number of carbonyl (C=O) groups is 1. The molecule has 3 heterocycles. The molecule has 2 N–H and O–H groups in total. The number of methoxy groups -OCH3 is 1. The summed E-state index contributed by atoms with van der Waals surface area (Å²) < 4.78 is 10.7. The molecule has 8 nitrogen and oxygen atoms in total. The summed E-state index contributed by atoms with van der Waals surface area (Å²) in [6.45, 7) is 1.51. The number of amides is 1. The van der Waals surface area contributed by atoms with Crippen LogP contribution in [0, 0.1) is 0 Å². The molecule has 3 rings (SSSR count). The minimum atomic E-state index is -0.273. The van der Waals surface area contributed by atoms with Crippen LogP contribution in [0.4, 0.5) is 5.69 Å². The number of nitrogens with one attached hydrogen (secondary N) is 2. The van der Waals surface area contributed by atoms with Crippen LogP contribution >= 0.6 is 0 Å². The van der Waals surface area contributed by atoms with Crippen molar-refractivity contribution in [1.29, 1.82) is 0 Å². The van der Waals surface area contributed by atoms with E-state index in [0.29, 0.717) is 35.1 Å². The maximum absolute atomic E-state index is 12.6. The van der Waals surface area contributed by atoms with Gasteiger partial charge in [0.05, 0.1) is 36.7 Å². The van der Waals surface area contributed by atoms with Gasteiger partial charge in [-0.2, -0.15) is 0 Å². The Morgan fingerprint density at radius 1 is 1.22 bits per heavy atom. The molecule has 0 unspecified atom stereocenters. The normalized spacial score (nSPS) is 11.0. The lowest BCUT2D eigenvalue weighted by Gasteiger charge is -2.10. The van der Waals surface area contributed by atoms with Crippen LogP contribution in [0.1, 0.15) is 16.8 Å². The molecule has 0 aliphatic rings. The summed E-state index contributed by atoms with van der Waals surface area (Å²) in [5.41, 5.74) is 2.36. The SMILES string of the molecule is COc1ccc(NC(=O)c2c[nH]c3ccc(OCCCN(C)C)nc23)cn1. The fourth-order valence-electron chi connectivity index (χ4n) is 2.57. The van der Waals surface area contributed by atoms with Crippen molar-refractivity contribution in [3.63, 3.8) is 0 Å². The molecule has 0 saturated heterocycles. The Hall–Kier alpha value is -3.13. The lowest BCUT2D eigenvalue weighted by Crippen LogP contribution is -2.15. The molecule has 0 aromatic carbocycles. The van der Waals surface area contributed by atoms with Gasteiger partial charge in [0.25, 0.3) is 5.91 Å². The quantitative estimate of drug-likeness (QED) is 0.593. The average Bonchev–Trinajstić information content (AvgIpc) is 3.09. The molecule has 8 heteroatoms. The number of anilines is 1. The van der Waals surface area contributed by atoms with Gasteiger partial charge in [-0.15, -0.1) is 0 Å². The van der Waals surface area contributed by atoms with Crippen LogP contribution in [0.5, 0.6) is 11.8 Å². The summed E-state index contributed by atoms with van der Waals surface area (Å²) in [7, 11) is 5.58. The smallest absolute Gasteiger partial charge is 0.259 e. The van der Waals surface area contributed by atoms with E-state index in [1.54, 1.807) is 31.5 Å². The van der Waals surface area contributed by atoms with Crippen LogP contribution < -0.4 is 14.8 Å². The van der Waals surface area contributed by atoms with Crippen molar-refractivity contribution < 1.29 is 14.3 Å². The Balaban J connectivity index is 1.71. The van der Waals surface area contributed by atoms with Crippen LogP contribution in [0.25, 0.3) is 11.0 Å². The van der Waals surface area contributed by atoms with Crippen molar-refractivity contribution in [1.82, 2.24) is 19.9 Å². The van der Waals surface area contributed by atoms with Crippen LogP contribution in [-0.4, -0.2) is 60.1 Å². The summed E-state index contributed by atoms with van der Waals surface area (Å²) in [5.74, 6) is 0.712. The van der Waals surface area contributed by atoms with Gasteiger partial charge >= 0.3 is 0 Å². The molecule has 0 atom stereocenters. The van der Waals surface area contributed by atoms with Crippen molar-refractivity contribution in [2.75, 3.05) is 39.7 Å². The Bertz CT molecular complexity index is 905. The minimum absolute atomic E-state index is 0.273. The van der Waals surface area contributed by atoms with E-state index >= 15 is 0 Å². The Morgan fingerprint density at radius 2 is 2.04 bits per heavy atom. The maximum Gasteiger partial charge on any atom is 0.259 e. The van der Waals surface area contributed by atoms with E-state index in [0.717, 1.165) is 18.5 Å². The van der Waals surface area contributed by atoms with Crippen molar-refractivity contribution >= 4 is 22.6 Å². The monoisotopic (exact) mass is 369 g/mol. The number of aromatic amines is 1. The number of rotatable bonds is 8. The van der Waals surface area contributed by atoms with Gasteiger partial charge in [0, 0.05) is 24.9 Å². The van der Waals surface area contributed by atoms with Gasteiger partial charge in [-0.3, -0.25) is 4.79 Å². The fourth-order valence-corrected chi connectivity index (χ4v) is 2.57. The predicted molar refractivity (Wildman–Crippen MR) is 104 cm³/mol. The molecule has 1 amide bonds. The van der Waals surface area contributed by atoms with Gasteiger partial charge in [0.2, 0.25) is 11.8 Å². The molecular formula is C19H23N5O3. The third-order valence-electron chi connectivity index (χ3n) is 3.94. The fraction of sp³-hybridized carbons (Fsp3) is 0.316. The largest absolute Gasteiger partial charge is 0.481 e. The van der Waals surface area contributed by atoms with Gasteiger partial charge in [0.15, 0.2) is 0 Å². The summed E-state index contributed by atoms with van der Waals surface area (Å²) in [6, 6.07) is 7.06. The lowest BCUT2D eigenvalue weighted by molar-refractivity contribution is 0.102. The molecule has 27 heavy (non-hydrogen) atoms. The van der Waals surface area contributed by atoms with Crippen molar-refractivity contribution in [2.24, 2.45) is 0 Å². The molecule has 142 valence electrons. The first-order valence-corrected chi connectivity index (χ1v) is 8.64. The third kappa shape index (κ3) is 4.73. The molecule has 3 aromatic rings. The number of aromatic nitrogens is 3. The highest BCUT2D eigenvalue weighted by molar-refractivity contribution is 6.11. The lowest BCUT2D eigenvalue weighted by atomic mass is 10.2. The number of fused-ring (bicyclic) bond motifs is 1. The minimum Gasteiger partial charge on any atom is -0.481 e. The molecule has 0 spiro atoms. The van der Waals surface area contributed by atoms with E-state index in [1.165, 1.54) is 6.20 Å². The third-order valence-corrected chi connectivity index (χ3v) is 3.94. The zero-order valence-corrected chi connectivity index (χ0v) is 15.7. The van der Waals surface area contributed by atoms with Crippen LogP contribution in [0.15, 0.2) is 36.7 Å². The zero-order chi connectivity index (χ0) is 19.2. The highest BCUT2D eigenvalue weighted by atomic mass is 16.5. The second kappa shape index (κ2) is 8.50. The first kappa shape index (κ1) is 18.7. The molecular weight excluding hydrogens is 346 g/mol. The van der Waals surface area contributed by atoms with Crippen LogP contribution in [-0.2, 0) is 0 Å². The van der Waals surface area contributed by atoms with Gasteiger partial charge in [-0.1, -0.05) is 0 Å². The first-order valence-electron chi connectivity index (χ1n) is 8.64. The second-order valence-corrected chi connectivity index (χ2v) is 6.30. The average molecular weight is 369 g/mol. The summed E-state index contributed by atoms with van der Waals surface area (Å²) in [5, 5.41) is 2.81. The van der Waals surface area contributed by atoms with E-state index in [1.807, 2.05) is 20.2 Å². The molecule has 0 aliphatic carbocycles. The molecule has 0 bridgehead atoms. The highest BCUT2D eigenvalue weighted by Gasteiger charge is 2.15. The molecule has 0 aliphatic heterocycles. The molecule has 3 aromatic heterocycles. The Kier molecular flexibility index (Phi) is 5.87. The van der Waals surface area contributed by atoms with Crippen LogP contribution in [0.2, 0.25) is 0 Å².